The number of carbonyl (C=O) groups is 2. The molecule has 0 atom stereocenters. The van der Waals surface area contributed by atoms with Gasteiger partial charge in [-0.3, -0.25) is 10.1 Å². The Morgan fingerprint density at radius 3 is 2.59 bits per heavy atom. The second-order valence-electron chi connectivity index (χ2n) is 5.09. The van der Waals surface area contributed by atoms with E-state index in [1.165, 1.54) is 11.3 Å². The van der Waals surface area contributed by atoms with Gasteiger partial charge in [0.15, 0.2) is 0 Å². The van der Waals surface area contributed by atoms with Crippen LogP contribution in [0.25, 0.3) is 0 Å². The fourth-order valence-electron chi connectivity index (χ4n) is 2.11. The van der Waals surface area contributed by atoms with Crippen LogP contribution >= 0.6 is 11.3 Å². The van der Waals surface area contributed by atoms with Crippen molar-refractivity contribution in [2.24, 2.45) is 5.73 Å². The number of amides is 3. The molecule has 1 aromatic carbocycles. The second kappa shape index (κ2) is 6.10. The van der Waals surface area contributed by atoms with Crippen molar-refractivity contribution in [1.29, 1.82) is 0 Å². The van der Waals surface area contributed by atoms with E-state index in [0.29, 0.717) is 17.2 Å². The maximum absolute atomic E-state index is 12.4. The fraction of sp³-hybridized carbons (Fsp3) is 0.286. The number of benzene rings is 1. The number of anilines is 1. The molecule has 0 bridgehead atoms. The van der Waals surface area contributed by atoms with Gasteiger partial charge in [0, 0.05) is 18.2 Å². The van der Waals surface area contributed by atoms with Crippen molar-refractivity contribution < 1.29 is 9.59 Å². The lowest BCUT2D eigenvalue weighted by Crippen LogP contribution is -2.36. The summed E-state index contributed by atoms with van der Waals surface area (Å²) in [6.45, 7) is 0.481. The van der Waals surface area contributed by atoms with Crippen molar-refractivity contribution in [2.45, 2.75) is 25.4 Å². The Balaban J connectivity index is 1.69. The lowest BCUT2D eigenvalue weighted by molar-refractivity contribution is 0.1000. The summed E-state index contributed by atoms with van der Waals surface area (Å²) < 4.78 is 0. The van der Waals surface area contributed by atoms with E-state index in [-0.39, 0.29) is 12.1 Å². The topological polar surface area (TPSA) is 101 Å². The van der Waals surface area contributed by atoms with E-state index in [9.17, 15) is 9.59 Å². The summed E-state index contributed by atoms with van der Waals surface area (Å²) in [7, 11) is 0. The van der Waals surface area contributed by atoms with Gasteiger partial charge in [0.1, 0.15) is 5.51 Å². The summed E-state index contributed by atoms with van der Waals surface area (Å²) in [4.78, 5) is 25.2. The average Bonchev–Trinajstić information content (AvgIpc) is 3.22. The first-order valence-electron chi connectivity index (χ1n) is 6.86. The third-order valence-electron chi connectivity index (χ3n) is 3.41. The minimum absolute atomic E-state index is 0.182. The van der Waals surface area contributed by atoms with E-state index in [2.05, 4.69) is 15.5 Å². The van der Waals surface area contributed by atoms with E-state index < -0.39 is 5.91 Å². The smallest absolute Gasteiger partial charge is 0.324 e. The molecule has 7 nitrogen and oxygen atoms in total. The second-order valence-corrected chi connectivity index (χ2v) is 5.93. The molecule has 1 aliphatic rings. The zero-order valence-electron chi connectivity index (χ0n) is 11.7. The molecule has 1 aromatic heterocycles. The molecule has 0 aliphatic heterocycles. The average molecular weight is 317 g/mol. The monoisotopic (exact) mass is 317 g/mol. The minimum Gasteiger partial charge on any atom is -0.366 e. The van der Waals surface area contributed by atoms with Gasteiger partial charge in [-0.15, -0.1) is 10.2 Å². The Bertz CT molecular complexity index is 667. The maximum atomic E-state index is 12.4. The normalized spacial score (nSPS) is 13.6. The fourth-order valence-corrected chi connectivity index (χ4v) is 2.55. The number of rotatable bonds is 5. The zero-order valence-corrected chi connectivity index (χ0v) is 12.5. The maximum Gasteiger partial charge on any atom is 0.324 e. The van der Waals surface area contributed by atoms with Crippen molar-refractivity contribution in [3.05, 3.63) is 40.9 Å². The van der Waals surface area contributed by atoms with Gasteiger partial charge in [0.2, 0.25) is 11.0 Å². The first-order valence-corrected chi connectivity index (χ1v) is 7.74. The Hall–Kier alpha value is -2.48. The van der Waals surface area contributed by atoms with E-state index in [1.54, 1.807) is 22.5 Å². The first kappa shape index (κ1) is 14.5. The number of nitrogens with two attached hydrogens (primary N) is 1. The molecule has 0 radical (unpaired) electrons. The Morgan fingerprint density at radius 2 is 2.05 bits per heavy atom. The van der Waals surface area contributed by atoms with Crippen LogP contribution in [-0.2, 0) is 6.54 Å². The van der Waals surface area contributed by atoms with Gasteiger partial charge in [-0.2, -0.15) is 0 Å². The van der Waals surface area contributed by atoms with E-state index in [0.717, 1.165) is 18.4 Å². The summed E-state index contributed by atoms with van der Waals surface area (Å²) in [5, 5.41) is 10.7. The highest BCUT2D eigenvalue weighted by atomic mass is 32.1. The molecule has 22 heavy (non-hydrogen) atoms. The SMILES string of the molecule is NC(=O)c1ccc(CN(C(=O)Nc2nncs2)C2CC2)cc1. The van der Waals surface area contributed by atoms with Crippen molar-refractivity contribution in [3.8, 4) is 0 Å². The standard InChI is InChI=1S/C14H15N5O2S/c15-12(20)10-3-1-9(2-4-10)7-19(11-5-6-11)14(21)17-13-18-16-8-22-13/h1-4,8,11H,5-7H2,(H2,15,20)(H,17,18,21). The van der Waals surface area contributed by atoms with Crippen LogP contribution in [0.2, 0.25) is 0 Å². The van der Waals surface area contributed by atoms with Crippen LogP contribution in [0.5, 0.6) is 0 Å². The minimum atomic E-state index is -0.459. The molecule has 1 heterocycles. The van der Waals surface area contributed by atoms with Crippen molar-refractivity contribution in [2.75, 3.05) is 5.32 Å². The van der Waals surface area contributed by atoms with Gasteiger partial charge < -0.3 is 10.6 Å². The van der Waals surface area contributed by atoms with Crippen LogP contribution in [0.3, 0.4) is 0 Å². The van der Waals surface area contributed by atoms with Crippen LogP contribution in [0.4, 0.5) is 9.93 Å². The van der Waals surface area contributed by atoms with Gasteiger partial charge in [-0.1, -0.05) is 23.5 Å². The van der Waals surface area contributed by atoms with Crippen LogP contribution in [0.15, 0.2) is 29.8 Å². The van der Waals surface area contributed by atoms with Crippen LogP contribution in [-0.4, -0.2) is 33.1 Å². The van der Waals surface area contributed by atoms with Crippen molar-refractivity contribution >= 4 is 28.4 Å². The molecule has 8 heteroatoms. The molecule has 1 aliphatic carbocycles. The third-order valence-corrected chi connectivity index (χ3v) is 4.02. The molecule has 114 valence electrons. The molecule has 0 spiro atoms. The predicted molar refractivity (Wildman–Crippen MR) is 82.5 cm³/mol. The number of nitrogens with zero attached hydrogens (tertiary/aromatic N) is 3. The quantitative estimate of drug-likeness (QED) is 0.878. The molecule has 0 unspecified atom stereocenters. The predicted octanol–water partition coefficient (Wildman–Crippen LogP) is 1.83. The highest BCUT2D eigenvalue weighted by molar-refractivity contribution is 7.13. The molecular formula is C14H15N5O2S. The van der Waals surface area contributed by atoms with Gasteiger partial charge in [0.05, 0.1) is 0 Å². The molecule has 1 saturated carbocycles. The number of primary amides is 1. The van der Waals surface area contributed by atoms with Crippen molar-refractivity contribution in [1.82, 2.24) is 15.1 Å². The number of urea groups is 1. The summed E-state index contributed by atoms with van der Waals surface area (Å²) in [6, 6.07) is 7.04. The largest absolute Gasteiger partial charge is 0.366 e. The van der Waals surface area contributed by atoms with Crippen LogP contribution in [0, 0.1) is 0 Å². The van der Waals surface area contributed by atoms with Gasteiger partial charge in [-0.05, 0) is 30.5 Å². The number of hydrogen-bond donors (Lipinski definition) is 2. The molecule has 1 fully saturated rings. The highest BCUT2D eigenvalue weighted by Gasteiger charge is 2.32. The zero-order chi connectivity index (χ0) is 15.5. The number of carbonyl (C=O) groups excluding carboxylic acids is 2. The van der Waals surface area contributed by atoms with Gasteiger partial charge in [-0.25, -0.2) is 4.79 Å². The Kier molecular flexibility index (Phi) is 4.01. The van der Waals surface area contributed by atoms with Crippen molar-refractivity contribution in [3.63, 3.8) is 0 Å². The van der Waals surface area contributed by atoms with Gasteiger partial charge >= 0.3 is 6.03 Å². The lowest BCUT2D eigenvalue weighted by atomic mass is 10.1. The van der Waals surface area contributed by atoms with Gasteiger partial charge in [0.25, 0.3) is 0 Å². The molecular weight excluding hydrogens is 302 g/mol. The van der Waals surface area contributed by atoms with Crippen LogP contribution < -0.4 is 11.1 Å². The van der Waals surface area contributed by atoms with E-state index in [4.69, 9.17) is 5.73 Å². The lowest BCUT2D eigenvalue weighted by Gasteiger charge is -2.22. The number of nitrogens with one attached hydrogen (secondary N) is 1. The number of aromatic nitrogens is 2. The summed E-state index contributed by atoms with van der Waals surface area (Å²) in [5.41, 5.74) is 8.20. The summed E-state index contributed by atoms with van der Waals surface area (Å²) in [6.07, 6.45) is 2.01. The molecule has 3 N–H and O–H groups in total. The van der Waals surface area contributed by atoms with E-state index >= 15 is 0 Å². The molecule has 3 rings (SSSR count). The Morgan fingerprint density at radius 1 is 1.32 bits per heavy atom. The number of hydrogen-bond acceptors (Lipinski definition) is 5. The summed E-state index contributed by atoms with van der Waals surface area (Å²) >= 11 is 1.28. The van der Waals surface area contributed by atoms with E-state index in [1.807, 2.05) is 12.1 Å². The molecule has 3 amide bonds. The molecule has 2 aromatic rings. The summed E-state index contributed by atoms with van der Waals surface area (Å²) in [5.74, 6) is -0.459. The highest BCUT2D eigenvalue weighted by Crippen LogP contribution is 2.29. The first-order chi connectivity index (χ1) is 10.6. The van der Waals surface area contributed by atoms with Crippen LogP contribution in [0.1, 0.15) is 28.8 Å². The molecule has 0 saturated heterocycles. The Labute approximate surface area is 131 Å². The third kappa shape index (κ3) is 3.40.